The van der Waals surface area contributed by atoms with Gasteiger partial charge < -0.3 is 15.0 Å². The van der Waals surface area contributed by atoms with E-state index in [0.29, 0.717) is 27.8 Å². The van der Waals surface area contributed by atoms with Crippen LogP contribution >= 0.6 is 23.2 Å². The second-order valence-corrected chi connectivity index (χ2v) is 6.39. The van der Waals surface area contributed by atoms with E-state index in [-0.39, 0.29) is 12.5 Å². The van der Waals surface area contributed by atoms with Crippen LogP contribution in [0.25, 0.3) is 0 Å². The number of benzene rings is 2. The quantitative estimate of drug-likeness (QED) is 0.755. The third-order valence-corrected chi connectivity index (χ3v) is 4.45. The maximum absolute atomic E-state index is 12.3. The molecule has 1 unspecified atom stereocenters. The zero-order chi connectivity index (χ0) is 18.4. The average molecular weight is 382 g/mol. The lowest BCUT2D eigenvalue weighted by Gasteiger charge is -2.16. The number of para-hydroxylation sites is 1. The Labute approximate surface area is 156 Å². The molecule has 2 aromatic rings. The molecule has 0 radical (unpaired) electrons. The Morgan fingerprint density at radius 1 is 1.12 bits per heavy atom. The SMILES string of the molecule is COC(=O)c1ccccc1NC(=O)C[NH+](C)Cc1cccc(Cl)c1Cl. The standard InChI is InChI=1S/C18H18Cl2N2O3/c1-22(10-12-6-5-8-14(19)17(12)20)11-16(23)21-15-9-4-3-7-13(15)18(24)25-2/h3-9H,10-11H2,1-2H3,(H,21,23)/p+1. The first-order valence-corrected chi connectivity index (χ1v) is 8.39. The fraction of sp³-hybridized carbons (Fsp3) is 0.222. The molecule has 0 aliphatic heterocycles. The highest BCUT2D eigenvalue weighted by atomic mass is 35.5. The molecule has 132 valence electrons. The number of nitrogens with one attached hydrogen (secondary N) is 2. The van der Waals surface area contributed by atoms with E-state index >= 15 is 0 Å². The molecule has 0 bridgehead atoms. The smallest absolute Gasteiger partial charge is 0.339 e. The van der Waals surface area contributed by atoms with Gasteiger partial charge in [-0.25, -0.2) is 4.79 Å². The van der Waals surface area contributed by atoms with Crippen LogP contribution in [0, 0.1) is 0 Å². The van der Waals surface area contributed by atoms with Crippen LogP contribution in [-0.4, -0.2) is 32.6 Å². The molecule has 2 N–H and O–H groups in total. The summed E-state index contributed by atoms with van der Waals surface area (Å²) < 4.78 is 4.72. The number of carbonyl (C=O) groups excluding carboxylic acids is 2. The van der Waals surface area contributed by atoms with Gasteiger partial charge in [0, 0.05) is 5.56 Å². The van der Waals surface area contributed by atoms with Gasteiger partial charge in [0.05, 0.1) is 35.5 Å². The summed E-state index contributed by atoms with van der Waals surface area (Å²) in [6.45, 7) is 0.754. The van der Waals surface area contributed by atoms with Crippen LogP contribution in [0.1, 0.15) is 15.9 Å². The maximum atomic E-state index is 12.3. The van der Waals surface area contributed by atoms with Crippen LogP contribution in [0.2, 0.25) is 10.0 Å². The molecule has 0 saturated heterocycles. The number of hydrogen-bond donors (Lipinski definition) is 2. The van der Waals surface area contributed by atoms with Crippen molar-refractivity contribution in [1.82, 2.24) is 0 Å². The second-order valence-electron chi connectivity index (χ2n) is 5.61. The van der Waals surface area contributed by atoms with Gasteiger partial charge >= 0.3 is 5.97 Å². The Bertz CT molecular complexity index is 781. The molecular weight excluding hydrogens is 363 g/mol. The second kappa shape index (κ2) is 8.85. The number of methoxy groups -OCH3 is 1. The van der Waals surface area contributed by atoms with E-state index < -0.39 is 5.97 Å². The first-order chi connectivity index (χ1) is 11.9. The van der Waals surface area contributed by atoms with E-state index in [1.165, 1.54) is 7.11 Å². The van der Waals surface area contributed by atoms with Crippen molar-refractivity contribution in [2.24, 2.45) is 0 Å². The highest BCUT2D eigenvalue weighted by Crippen LogP contribution is 2.24. The van der Waals surface area contributed by atoms with Gasteiger partial charge in [0.1, 0.15) is 6.54 Å². The van der Waals surface area contributed by atoms with Crippen molar-refractivity contribution in [3.05, 3.63) is 63.6 Å². The Hall–Kier alpha value is -2.08. The molecule has 1 atom stereocenters. The lowest BCUT2D eigenvalue weighted by Crippen LogP contribution is -3.08. The summed E-state index contributed by atoms with van der Waals surface area (Å²) in [5, 5.41) is 3.74. The molecule has 0 saturated carbocycles. The molecule has 0 heterocycles. The van der Waals surface area contributed by atoms with Gasteiger partial charge in [0.2, 0.25) is 0 Å². The predicted octanol–water partition coefficient (Wildman–Crippen LogP) is 2.43. The number of likely N-dealkylation sites (N-methyl/N-ethyl adjacent to an activating group) is 1. The van der Waals surface area contributed by atoms with Crippen molar-refractivity contribution in [2.45, 2.75) is 6.54 Å². The van der Waals surface area contributed by atoms with Crippen LogP contribution < -0.4 is 10.2 Å². The molecule has 25 heavy (non-hydrogen) atoms. The Balaban J connectivity index is 2.01. The third kappa shape index (κ3) is 5.19. The number of quaternary nitrogens is 1. The number of esters is 1. The summed E-state index contributed by atoms with van der Waals surface area (Å²) in [6, 6.07) is 12.1. The highest BCUT2D eigenvalue weighted by molar-refractivity contribution is 6.42. The van der Waals surface area contributed by atoms with E-state index in [4.69, 9.17) is 27.9 Å². The molecule has 2 rings (SSSR count). The minimum Gasteiger partial charge on any atom is -0.465 e. The van der Waals surface area contributed by atoms with Crippen molar-refractivity contribution < 1.29 is 19.2 Å². The number of ether oxygens (including phenoxy) is 1. The Morgan fingerprint density at radius 3 is 2.56 bits per heavy atom. The zero-order valence-electron chi connectivity index (χ0n) is 13.9. The average Bonchev–Trinajstić information content (AvgIpc) is 2.58. The summed E-state index contributed by atoms with van der Waals surface area (Å²) in [6.07, 6.45) is 0. The Morgan fingerprint density at radius 2 is 1.84 bits per heavy atom. The van der Waals surface area contributed by atoms with Crippen molar-refractivity contribution in [3.63, 3.8) is 0 Å². The van der Waals surface area contributed by atoms with Crippen LogP contribution in [0.4, 0.5) is 5.69 Å². The largest absolute Gasteiger partial charge is 0.465 e. The molecule has 1 amide bonds. The van der Waals surface area contributed by atoms with E-state index in [2.05, 4.69) is 5.32 Å². The number of amides is 1. The van der Waals surface area contributed by atoms with Gasteiger partial charge in [-0.2, -0.15) is 0 Å². The summed E-state index contributed by atoms with van der Waals surface area (Å²) in [7, 11) is 3.18. The minimum atomic E-state index is -0.498. The number of rotatable bonds is 6. The van der Waals surface area contributed by atoms with E-state index in [1.807, 2.05) is 19.2 Å². The first-order valence-electron chi connectivity index (χ1n) is 7.63. The van der Waals surface area contributed by atoms with Crippen molar-refractivity contribution in [2.75, 3.05) is 26.0 Å². The van der Waals surface area contributed by atoms with Crippen LogP contribution in [0.5, 0.6) is 0 Å². The lowest BCUT2D eigenvalue weighted by molar-refractivity contribution is -0.885. The fourth-order valence-electron chi connectivity index (χ4n) is 2.42. The summed E-state index contributed by atoms with van der Waals surface area (Å²) in [5.41, 5.74) is 1.61. The number of anilines is 1. The minimum absolute atomic E-state index is 0.207. The van der Waals surface area contributed by atoms with Gasteiger partial charge in [-0.3, -0.25) is 4.79 Å². The van der Waals surface area contributed by atoms with Crippen molar-refractivity contribution >= 4 is 40.8 Å². The maximum Gasteiger partial charge on any atom is 0.339 e. The molecule has 5 nitrogen and oxygen atoms in total. The first kappa shape index (κ1) is 19.2. The van der Waals surface area contributed by atoms with Crippen molar-refractivity contribution in [1.29, 1.82) is 0 Å². The van der Waals surface area contributed by atoms with Crippen LogP contribution in [0.15, 0.2) is 42.5 Å². The van der Waals surface area contributed by atoms with Gasteiger partial charge in [-0.05, 0) is 18.2 Å². The van der Waals surface area contributed by atoms with E-state index in [9.17, 15) is 9.59 Å². The molecular formula is C18H19Cl2N2O3+. The third-order valence-electron chi connectivity index (χ3n) is 3.59. The topological polar surface area (TPSA) is 59.8 Å². The Kier molecular flexibility index (Phi) is 6.82. The molecule has 0 aliphatic carbocycles. The van der Waals surface area contributed by atoms with E-state index in [0.717, 1.165) is 10.5 Å². The van der Waals surface area contributed by atoms with Crippen molar-refractivity contribution in [3.8, 4) is 0 Å². The van der Waals surface area contributed by atoms with E-state index in [1.54, 1.807) is 30.3 Å². The van der Waals surface area contributed by atoms with Crippen LogP contribution in [-0.2, 0) is 16.1 Å². The normalized spacial score (nSPS) is 11.7. The van der Waals surface area contributed by atoms with Gasteiger partial charge in [-0.1, -0.05) is 47.5 Å². The van der Waals surface area contributed by atoms with Gasteiger partial charge in [0.25, 0.3) is 5.91 Å². The van der Waals surface area contributed by atoms with Gasteiger partial charge in [0.15, 0.2) is 6.54 Å². The molecule has 0 fully saturated rings. The summed E-state index contributed by atoms with van der Waals surface area (Å²) >= 11 is 12.2. The summed E-state index contributed by atoms with van der Waals surface area (Å²) in [4.78, 5) is 25.0. The monoisotopic (exact) mass is 381 g/mol. The summed E-state index contributed by atoms with van der Waals surface area (Å²) in [5.74, 6) is -0.714. The molecule has 0 aromatic heterocycles. The molecule has 0 spiro atoms. The molecule has 2 aromatic carbocycles. The lowest BCUT2D eigenvalue weighted by atomic mass is 10.1. The van der Waals surface area contributed by atoms with Crippen LogP contribution in [0.3, 0.4) is 0 Å². The highest BCUT2D eigenvalue weighted by Gasteiger charge is 2.17. The molecule has 7 heteroatoms. The fourth-order valence-corrected chi connectivity index (χ4v) is 2.81. The van der Waals surface area contributed by atoms with Gasteiger partial charge in [-0.15, -0.1) is 0 Å². The zero-order valence-corrected chi connectivity index (χ0v) is 15.4. The molecule has 0 aliphatic rings. The predicted molar refractivity (Wildman–Crippen MR) is 98.3 cm³/mol. The number of halogens is 2. The number of hydrogen-bond acceptors (Lipinski definition) is 3. The number of carbonyl (C=O) groups is 2.